The van der Waals surface area contributed by atoms with Gasteiger partial charge < -0.3 is 14.8 Å². The first-order valence-electron chi connectivity index (χ1n) is 11.2. The van der Waals surface area contributed by atoms with Crippen LogP contribution in [0.3, 0.4) is 0 Å². The lowest BCUT2D eigenvalue weighted by molar-refractivity contribution is -0.0826. The number of fused-ring (bicyclic) bond motifs is 1. The maximum absolute atomic E-state index is 8.92. The summed E-state index contributed by atoms with van der Waals surface area (Å²) in [5, 5.41) is 13.6. The van der Waals surface area contributed by atoms with Crippen LogP contribution in [0.5, 0.6) is 0 Å². The molecule has 2 atom stereocenters. The van der Waals surface area contributed by atoms with E-state index in [1.54, 1.807) is 12.3 Å². The Morgan fingerprint density at radius 1 is 1.31 bits per heavy atom. The van der Waals surface area contributed by atoms with Gasteiger partial charge in [-0.3, -0.25) is 4.90 Å². The third-order valence-electron chi connectivity index (χ3n) is 6.45. The van der Waals surface area contributed by atoms with E-state index in [-0.39, 0.29) is 11.7 Å². The summed E-state index contributed by atoms with van der Waals surface area (Å²) in [6.07, 6.45) is 3.72. The van der Waals surface area contributed by atoms with E-state index in [1.807, 2.05) is 17.4 Å². The van der Waals surface area contributed by atoms with Gasteiger partial charge in [-0.25, -0.2) is 4.98 Å². The van der Waals surface area contributed by atoms with Crippen LogP contribution in [0.25, 0.3) is 10.1 Å². The Hall–Kier alpha value is -2.50. The predicted octanol–water partition coefficient (Wildman–Crippen LogP) is 4.34. The van der Waals surface area contributed by atoms with Crippen molar-refractivity contribution in [3.63, 3.8) is 0 Å². The Morgan fingerprint density at radius 3 is 3.06 bits per heavy atom. The summed E-state index contributed by atoms with van der Waals surface area (Å²) in [7, 11) is 0. The van der Waals surface area contributed by atoms with Crippen molar-refractivity contribution in [1.29, 1.82) is 5.26 Å². The van der Waals surface area contributed by atoms with Crippen LogP contribution in [0.1, 0.15) is 28.8 Å². The summed E-state index contributed by atoms with van der Waals surface area (Å²) in [6.45, 7) is 7.07. The predicted molar refractivity (Wildman–Crippen MR) is 127 cm³/mol. The van der Waals surface area contributed by atoms with Crippen molar-refractivity contribution in [1.82, 2.24) is 9.88 Å². The van der Waals surface area contributed by atoms with Crippen molar-refractivity contribution in [3.05, 3.63) is 58.6 Å². The standard InChI is InChI=1S/C25H28N4O2S/c1-18-22(21-4-2-3-5-23(21)32-18)15-29-10-11-30-17-25(16-29)9-8-20(31-25)14-28-24-7-6-19(12-26)13-27-24/h2-7,13,20H,8-11,14-17H2,1H3,(H,27,28)/t20-,25-/m1/s1. The van der Waals surface area contributed by atoms with Crippen LogP contribution in [-0.4, -0.2) is 54.4 Å². The summed E-state index contributed by atoms with van der Waals surface area (Å²) < 4.78 is 14.0. The number of nitriles is 1. The molecule has 0 amide bonds. The molecular formula is C25H28N4O2S. The molecule has 4 heterocycles. The zero-order valence-electron chi connectivity index (χ0n) is 18.3. The molecule has 0 bridgehead atoms. The summed E-state index contributed by atoms with van der Waals surface area (Å²) in [4.78, 5) is 8.20. The first kappa shape index (κ1) is 21.4. The Labute approximate surface area is 192 Å². The van der Waals surface area contributed by atoms with Gasteiger partial charge >= 0.3 is 0 Å². The highest BCUT2D eigenvalue weighted by molar-refractivity contribution is 7.19. The summed E-state index contributed by atoms with van der Waals surface area (Å²) in [5.74, 6) is 0.770. The van der Waals surface area contributed by atoms with Gasteiger partial charge in [0.15, 0.2) is 0 Å². The molecule has 2 aromatic heterocycles. The highest BCUT2D eigenvalue weighted by Gasteiger charge is 2.43. The number of benzene rings is 1. The van der Waals surface area contributed by atoms with E-state index in [4.69, 9.17) is 14.7 Å². The SMILES string of the molecule is Cc1sc2ccccc2c1CN1CCOC[C@@]2(CC[C@H](CNc3ccc(C#N)cn3)O2)C1. The first-order chi connectivity index (χ1) is 15.6. The van der Waals surface area contributed by atoms with Gasteiger partial charge in [0.05, 0.1) is 24.9 Å². The molecule has 32 heavy (non-hydrogen) atoms. The minimum atomic E-state index is -0.249. The third-order valence-corrected chi connectivity index (χ3v) is 7.58. The van der Waals surface area contributed by atoms with E-state index in [0.29, 0.717) is 18.7 Å². The van der Waals surface area contributed by atoms with Crippen LogP contribution in [0.2, 0.25) is 0 Å². The second-order valence-electron chi connectivity index (χ2n) is 8.78. The van der Waals surface area contributed by atoms with Crippen molar-refractivity contribution < 1.29 is 9.47 Å². The zero-order valence-corrected chi connectivity index (χ0v) is 19.2. The summed E-state index contributed by atoms with van der Waals surface area (Å²) >= 11 is 1.88. The molecule has 2 fully saturated rings. The topological polar surface area (TPSA) is 70.4 Å². The van der Waals surface area contributed by atoms with Crippen LogP contribution in [0.4, 0.5) is 5.82 Å². The van der Waals surface area contributed by atoms with E-state index in [2.05, 4.69) is 52.5 Å². The molecular weight excluding hydrogens is 420 g/mol. The number of rotatable bonds is 5. The second kappa shape index (κ2) is 9.16. The van der Waals surface area contributed by atoms with E-state index in [1.165, 1.54) is 20.5 Å². The average molecular weight is 449 g/mol. The van der Waals surface area contributed by atoms with Crippen LogP contribution in [0, 0.1) is 18.3 Å². The minimum absolute atomic E-state index is 0.125. The molecule has 3 aromatic rings. The number of nitrogens with zero attached hydrogens (tertiary/aromatic N) is 3. The van der Waals surface area contributed by atoms with Crippen LogP contribution in [-0.2, 0) is 16.0 Å². The number of hydrogen-bond donors (Lipinski definition) is 1. The van der Waals surface area contributed by atoms with Gasteiger partial charge in [-0.05, 0) is 48.9 Å². The van der Waals surface area contributed by atoms with E-state index in [0.717, 1.165) is 44.9 Å². The van der Waals surface area contributed by atoms with Gasteiger partial charge in [0, 0.05) is 42.0 Å². The maximum Gasteiger partial charge on any atom is 0.126 e. The summed E-state index contributed by atoms with van der Waals surface area (Å²) in [6, 6.07) is 14.4. The smallest absolute Gasteiger partial charge is 0.126 e. The number of ether oxygens (including phenoxy) is 2. The van der Waals surface area contributed by atoms with Crippen LogP contribution >= 0.6 is 11.3 Å². The van der Waals surface area contributed by atoms with E-state index in [9.17, 15) is 0 Å². The van der Waals surface area contributed by atoms with Gasteiger partial charge in [0.25, 0.3) is 0 Å². The fourth-order valence-electron chi connectivity index (χ4n) is 4.80. The van der Waals surface area contributed by atoms with E-state index >= 15 is 0 Å². The number of pyridine rings is 1. The molecule has 2 aliphatic heterocycles. The van der Waals surface area contributed by atoms with Crippen LogP contribution in [0.15, 0.2) is 42.6 Å². The lowest BCUT2D eigenvalue weighted by Crippen LogP contribution is -2.44. The molecule has 0 aliphatic carbocycles. The zero-order chi connectivity index (χ0) is 22.0. The molecule has 0 radical (unpaired) electrons. The first-order valence-corrected chi connectivity index (χ1v) is 12.0. The highest BCUT2D eigenvalue weighted by Crippen LogP contribution is 2.36. The molecule has 6 nitrogen and oxygen atoms in total. The molecule has 0 saturated carbocycles. The number of hydrogen-bond acceptors (Lipinski definition) is 7. The Bertz CT molecular complexity index is 1120. The van der Waals surface area contributed by atoms with E-state index < -0.39 is 0 Å². The molecule has 1 N–H and O–H groups in total. The lowest BCUT2D eigenvalue weighted by atomic mass is 9.99. The van der Waals surface area contributed by atoms with Gasteiger partial charge in [-0.15, -0.1) is 11.3 Å². The lowest BCUT2D eigenvalue weighted by Gasteiger charge is -2.32. The molecule has 1 aromatic carbocycles. The minimum Gasteiger partial charge on any atom is -0.377 e. The van der Waals surface area contributed by atoms with Gasteiger partial charge in [-0.2, -0.15) is 5.26 Å². The van der Waals surface area contributed by atoms with Crippen LogP contribution < -0.4 is 5.32 Å². The quantitative estimate of drug-likeness (QED) is 0.626. The number of aryl methyl sites for hydroxylation is 1. The average Bonchev–Trinajstić information content (AvgIpc) is 3.28. The largest absolute Gasteiger partial charge is 0.377 e. The molecule has 166 valence electrons. The molecule has 1 spiro atoms. The number of thiophene rings is 1. The maximum atomic E-state index is 8.92. The number of anilines is 1. The normalized spacial score (nSPS) is 23.9. The van der Waals surface area contributed by atoms with Crippen molar-refractivity contribution >= 4 is 27.2 Å². The Morgan fingerprint density at radius 2 is 2.22 bits per heavy atom. The monoisotopic (exact) mass is 448 g/mol. The third kappa shape index (κ3) is 4.50. The molecule has 0 unspecified atom stereocenters. The number of nitrogens with one attached hydrogen (secondary N) is 1. The van der Waals surface area contributed by atoms with Gasteiger partial charge in [0.2, 0.25) is 0 Å². The number of aromatic nitrogens is 1. The molecule has 2 aliphatic rings. The fourth-order valence-corrected chi connectivity index (χ4v) is 5.88. The van der Waals surface area contributed by atoms with Gasteiger partial charge in [0.1, 0.15) is 17.5 Å². The molecule has 7 heteroatoms. The molecule has 5 rings (SSSR count). The Kier molecular flexibility index (Phi) is 6.11. The van der Waals surface area contributed by atoms with Crippen molar-refractivity contribution in [3.8, 4) is 6.07 Å². The van der Waals surface area contributed by atoms with Crippen molar-refractivity contribution in [2.24, 2.45) is 0 Å². The molecule has 2 saturated heterocycles. The van der Waals surface area contributed by atoms with Gasteiger partial charge in [-0.1, -0.05) is 18.2 Å². The highest BCUT2D eigenvalue weighted by atomic mass is 32.1. The fraction of sp³-hybridized carbons (Fsp3) is 0.440. The summed E-state index contributed by atoms with van der Waals surface area (Å²) in [5.41, 5.74) is 1.75. The van der Waals surface area contributed by atoms with Crippen molar-refractivity contribution in [2.45, 2.75) is 38.0 Å². The Balaban J connectivity index is 1.23. The second-order valence-corrected chi connectivity index (χ2v) is 10.0. The van der Waals surface area contributed by atoms with Crippen molar-refractivity contribution in [2.75, 3.05) is 38.2 Å².